The largest absolute Gasteiger partial charge is 0.507 e. The van der Waals surface area contributed by atoms with Crippen molar-refractivity contribution in [1.82, 2.24) is 20.9 Å². The van der Waals surface area contributed by atoms with Gasteiger partial charge in [0, 0.05) is 26.2 Å². The van der Waals surface area contributed by atoms with Crippen molar-refractivity contribution < 1.29 is 14.7 Å². The van der Waals surface area contributed by atoms with Crippen molar-refractivity contribution in [2.75, 3.05) is 27.2 Å². The van der Waals surface area contributed by atoms with Gasteiger partial charge in [0.1, 0.15) is 5.75 Å². The molecular formula is C20H26N4O3. The quantitative estimate of drug-likeness (QED) is 0.532. The second kappa shape index (κ2) is 10.2. The average molecular weight is 370 g/mol. The molecule has 0 atom stereocenters. The number of nitrogens with zero attached hydrogens (tertiary/aromatic N) is 1. The molecule has 0 heterocycles. The highest BCUT2D eigenvalue weighted by Gasteiger charge is 2.09. The van der Waals surface area contributed by atoms with Crippen LogP contribution in [0.4, 0.5) is 4.79 Å². The molecule has 2 aromatic rings. The van der Waals surface area contributed by atoms with Gasteiger partial charge < -0.3 is 26.0 Å². The minimum atomic E-state index is -0.381. The van der Waals surface area contributed by atoms with Crippen LogP contribution in [0.3, 0.4) is 0 Å². The molecule has 0 aromatic heterocycles. The molecule has 0 aliphatic rings. The Balaban J connectivity index is 1.65. The Labute approximate surface area is 159 Å². The maximum Gasteiger partial charge on any atom is 0.315 e. The number of carbonyl (C=O) groups excluding carboxylic acids is 2. The van der Waals surface area contributed by atoms with E-state index in [4.69, 9.17) is 0 Å². The summed E-state index contributed by atoms with van der Waals surface area (Å²) in [6, 6.07) is 14.1. The normalized spacial score (nSPS) is 10.5. The topological polar surface area (TPSA) is 93.7 Å². The highest BCUT2D eigenvalue weighted by Crippen LogP contribution is 2.14. The first-order valence-electron chi connectivity index (χ1n) is 8.76. The molecular weight excluding hydrogens is 344 g/mol. The summed E-state index contributed by atoms with van der Waals surface area (Å²) in [5, 5.41) is 17.7. The Kier molecular flexibility index (Phi) is 7.63. The van der Waals surface area contributed by atoms with Crippen molar-refractivity contribution in [2.45, 2.75) is 13.1 Å². The third-order valence-electron chi connectivity index (χ3n) is 3.82. The van der Waals surface area contributed by atoms with E-state index in [0.717, 1.165) is 12.1 Å². The smallest absolute Gasteiger partial charge is 0.315 e. The fraction of sp³-hybridized carbons (Fsp3) is 0.300. The lowest BCUT2D eigenvalue weighted by Gasteiger charge is -2.11. The molecule has 0 unspecified atom stereocenters. The molecule has 0 fully saturated rings. The maximum atomic E-state index is 11.9. The van der Waals surface area contributed by atoms with Gasteiger partial charge in [-0.1, -0.05) is 36.4 Å². The minimum absolute atomic E-state index is 0.0719. The summed E-state index contributed by atoms with van der Waals surface area (Å²) in [4.78, 5) is 25.8. The van der Waals surface area contributed by atoms with E-state index in [9.17, 15) is 14.7 Å². The van der Waals surface area contributed by atoms with Gasteiger partial charge in [-0.2, -0.15) is 0 Å². The zero-order valence-electron chi connectivity index (χ0n) is 15.7. The van der Waals surface area contributed by atoms with Crippen molar-refractivity contribution in [3.63, 3.8) is 0 Å². The van der Waals surface area contributed by atoms with Crippen molar-refractivity contribution in [3.8, 4) is 5.75 Å². The summed E-state index contributed by atoms with van der Waals surface area (Å²) >= 11 is 0. The fourth-order valence-corrected chi connectivity index (χ4v) is 2.49. The molecule has 2 rings (SSSR count). The third-order valence-corrected chi connectivity index (χ3v) is 3.82. The van der Waals surface area contributed by atoms with Gasteiger partial charge in [0.2, 0.25) is 0 Å². The zero-order valence-corrected chi connectivity index (χ0v) is 15.7. The fourth-order valence-electron chi connectivity index (χ4n) is 2.49. The molecule has 0 aliphatic heterocycles. The Bertz CT molecular complexity index is 760. The van der Waals surface area contributed by atoms with Crippen molar-refractivity contribution in [1.29, 1.82) is 0 Å². The molecule has 0 bridgehead atoms. The lowest BCUT2D eigenvalue weighted by Crippen LogP contribution is -2.40. The van der Waals surface area contributed by atoms with E-state index in [-0.39, 0.29) is 36.3 Å². The Morgan fingerprint density at radius 1 is 0.889 bits per heavy atom. The molecule has 3 amide bonds. The van der Waals surface area contributed by atoms with Gasteiger partial charge in [0.15, 0.2) is 0 Å². The number of aromatic hydroxyl groups is 1. The Morgan fingerprint density at radius 3 is 2.19 bits per heavy atom. The second-order valence-electron chi connectivity index (χ2n) is 6.44. The number of hydrogen-bond acceptors (Lipinski definition) is 4. The number of rotatable bonds is 8. The van der Waals surface area contributed by atoms with E-state index >= 15 is 0 Å². The van der Waals surface area contributed by atoms with E-state index in [1.165, 1.54) is 17.7 Å². The lowest BCUT2D eigenvalue weighted by molar-refractivity contribution is 0.0951. The van der Waals surface area contributed by atoms with E-state index in [0.29, 0.717) is 6.54 Å². The number of para-hydroxylation sites is 1. The monoisotopic (exact) mass is 370 g/mol. The van der Waals surface area contributed by atoms with Gasteiger partial charge in [-0.3, -0.25) is 4.79 Å². The molecule has 7 nitrogen and oxygen atoms in total. The first kappa shape index (κ1) is 20.3. The molecule has 0 saturated heterocycles. The van der Waals surface area contributed by atoms with Crippen LogP contribution in [0.25, 0.3) is 0 Å². The van der Waals surface area contributed by atoms with Gasteiger partial charge in [-0.05, 0) is 37.4 Å². The second-order valence-corrected chi connectivity index (χ2v) is 6.44. The highest BCUT2D eigenvalue weighted by molar-refractivity contribution is 5.96. The summed E-state index contributed by atoms with van der Waals surface area (Å²) in [5.41, 5.74) is 2.44. The predicted molar refractivity (Wildman–Crippen MR) is 105 cm³/mol. The minimum Gasteiger partial charge on any atom is -0.507 e. The van der Waals surface area contributed by atoms with Crippen LogP contribution in [0.5, 0.6) is 5.75 Å². The van der Waals surface area contributed by atoms with Crippen LogP contribution in [-0.4, -0.2) is 49.1 Å². The standard InChI is InChI=1S/C20H26N4O3/c1-24(2)14-16-9-7-15(8-10-16)13-23-20(27)22-12-11-21-19(26)17-5-3-4-6-18(17)25/h3-10,25H,11-14H2,1-2H3,(H,21,26)(H2,22,23,27). The van der Waals surface area contributed by atoms with Crippen molar-refractivity contribution >= 4 is 11.9 Å². The molecule has 7 heteroatoms. The summed E-state index contributed by atoms with van der Waals surface area (Å²) in [6.45, 7) is 1.85. The number of carbonyl (C=O) groups is 2. The molecule has 0 aliphatic carbocycles. The van der Waals surface area contributed by atoms with Crippen LogP contribution in [0, 0.1) is 0 Å². The van der Waals surface area contributed by atoms with Crippen LogP contribution in [0.15, 0.2) is 48.5 Å². The number of phenolic OH excluding ortho intramolecular Hbond substituents is 1. The van der Waals surface area contributed by atoms with E-state index in [1.807, 2.05) is 38.4 Å². The first-order valence-corrected chi connectivity index (χ1v) is 8.76. The van der Waals surface area contributed by atoms with Gasteiger partial charge >= 0.3 is 6.03 Å². The van der Waals surface area contributed by atoms with E-state index in [2.05, 4.69) is 20.9 Å². The highest BCUT2D eigenvalue weighted by atomic mass is 16.3. The Morgan fingerprint density at radius 2 is 1.52 bits per heavy atom. The Hall–Kier alpha value is -3.06. The van der Waals surface area contributed by atoms with Crippen molar-refractivity contribution in [3.05, 3.63) is 65.2 Å². The predicted octanol–water partition coefficient (Wildman–Crippen LogP) is 1.68. The average Bonchev–Trinajstić information content (AvgIpc) is 2.64. The van der Waals surface area contributed by atoms with Gasteiger partial charge in [0.25, 0.3) is 5.91 Å². The van der Waals surface area contributed by atoms with Crippen LogP contribution in [-0.2, 0) is 13.1 Å². The molecule has 2 aromatic carbocycles. The number of nitrogens with one attached hydrogen (secondary N) is 3. The molecule has 0 radical (unpaired) electrons. The third kappa shape index (κ3) is 6.99. The van der Waals surface area contributed by atoms with E-state index < -0.39 is 0 Å². The summed E-state index contributed by atoms with van der Waals surface area (Å²) in [6.07, 6.45) is 0. The number of hydrogen-bond donors (Lipinski definition) is 4. The van der Waals surface area contributed by atoms with Gasteiger partial charge in [-0.25, -0.2) is 4.79 Å². The van der Waals surface area contributed by atoms with Crippen LogP contribution >= 0.6 is 0 Å². The number of amides is 3. The molecule has 0 spiro atoms. The van der Waals surface area contributed by atoms with Gasteiger partial charge in [-0.15, -0.1) is 0 Å². The van der Waals surface area contributed by atoms with Crippen LogP contribution < -0.4 is 16.0 Å². The van der Waals surface area contributed by atoms with Gasteiger partial charge in [0.05, 0.1) is 5.56 Å². The summed E-state index contributed by atoms with van der Waals surface area (Å²) < 4.78 is 0. The number of benzene rings is 2. The molecule has 27 heavy (non-hydrogen) atoms. The SMILES string of the molecule is CN(C)Cc1ccc(CNC(=O)NCCNC(=O)c2ccccc2O)cc1. The van der Waals surface area contributed by atoms with Crippen LogP contribution in [0.2, 0.25) is 0 Å². The molecule has 144 valence electrons. The summed E-state index contributed by atoms with van der Waals surface area (Å²) in [5.74, 6) is -0.453. The maximum absolute atomic E-state index is 11.9. The zero-order chi connectivity index (χ0) is 19.6. The number of urea groups is 1. The van der Waals surface area contributed by atoms with E-state index in [1.54, 1.807) is 12.1 Å². The summed E-state index contributed by atoms with van der Waals surface area (Å²) in [7, 11) is 4.04. The molecule has 0 saturated carbocycles. The first-order chi connectivity index (χ1) is 13.0. The van der Waals surface area contributed by atoms with Crippen LogP contribution in [0.1, 0.15) is 21.5 Å². The van der Waals surface area contributed by atoms with Crippen molar-refractivity contribution in [2.24, 2.45) is 0 Å². The number of phenols is 1. The lowest BCUT2D eigenvalue weighted by atomic mass is 10.1. The molecule has 4 N–H and O–H groups in total.